The quantitative estimate of drug-likeness (QED) is 0.902. The van der Waals surface area contributed by atoms with Crippen LogP contribution >= 0.6 is 22.9 Å². The molecule has 0 aliphatic carbocycles. The van der Waals surface area contributed by atoms with Gasteiger partial charge in [0.2, 0.25) is 11.9 Å². The third-order valence-corrected chi connectivity index (χ3v) is 3.76. The minimum atomic E-state index is 0.128. The molecular formula is C11H14ClN5S. The fourth-order valence-corrected chi connectivity index (χ4v) is 2.81. The number of nitrogens with two attached hydrogens (primary N) is 1. The highest BCUT2D eigenvalue weighted by Gasteiger charge is 2.13. The van der Waals surface area contributed by atoms with Crippen LogP contribution in [0.4, 0.5) is 11.9 Å². The van der Waals surface area contributed by atoms with Crippen LogP contribution in [0.15, 0.2) is 12.1 Å². The summed E-state index contributed by atoms with van der Waals surface area (Å²) < 4.78 is 0.775. The first-order valence-corrected chi connectivity index (χ1v) is 6.78. The average molecular weight is 284 g/mol. The smallest absolute Gasteiger partial charge is 0.228 e. The molecule has 7 heteroatoms. The van der Waals surface area contributed by atoms with Gasteiger partial charge in [-0.2, -0.15) is 15.0 Å². The fourth-order valence-electron chi connectivity index (χ4n) is 1.61. The Balaban J connectivity index is 2.20. The number of hydrogen-bond acceptors (Lipinski definition) is 6. The van der Waals surface area contributed by atoms with Crippen molar-refractivity contribution in [2.75, 3.05) is 11.1 Å². The molecule has 2 aromatic heterocycles. The van der Waals surface area contributed by atoms with Crippen molar-refractivity contribution in [1.29, 1.82) is 0 Å². The molecule has 0 saturated carbocycles. The summed E-state index contributed by atoms with van der Waals surface area (Å²) in [5.74, 6) is 1.32. The molecule has 3 N–H and O–H groups in total. The molecule has 18 heavy (non-hydrogen) atoms. The van der Waals surface area contributed by atoms with Crippen molar-refractivity contribution in [2.24, 2.45) is 0 Å². The lowest BCUT2D eigenvalue weighted by Gasteiger charge is -2.15. The summed E-state index contributed by atoms with van der Waals surface area (Å²) in [6.45, 7) is 3.87. The van der Waals surface area contributed by atoms with Crippen molar-refractivity contribution in [2.45, 2.75) is 26.3 Å². The van der Waals surface area contributed by atoms with Gasteiger partial charge in [-0.25, -0.2) is 0 Å². The van der Waals surface area contributed by atoms with Crippen LogP contribution in [-0.2, 0) is 0 Å². The van der Waals surface area contributed by atoms with E-state index in [1.807, 2.05) is 12.1 Å². The van der Waals surface area contributed by atoms with Crippen molar-refractivity contribution in [3.05, 3.63) is 27.2 Å². The van der Waals surface area contributed by atoms with Crippen LogP contribution in [0.1, 0.15) is 30.1 Å². The molecule has 0 spiro atoms. The molecule has 0 saturated heterocycles. The minimum Gasteiger partial charge on any atom is -0.368 e. The number of nitrogens with one attached hydrogen (secondary N) is 1. The van der Waals surface area contributed by atoms with Gasteiger partial charge in [-0.15, -0.1) is 11.3 Å². The Kier molecular flexibility index (Phi) is 3.98. The maximum atomic E-state index is 5.94. The van der Waals surface area contributed by atoms with Gasteiger partial charge in [-0.1, -0.05) is 18.5 Å². The Morgan fingerprint density at radius 1 is 1.39 bits per heavy atom. The van der Waals surface area contributed by atoms with Gasteiger partial charge in [0.05, 0.1) is 10.4 Å². The van der Waals surface area contributed by atoms with Crippen LogP contribution in [0.3, 0.4) is 0 Å². The summed E-state index contributed by atoms with van der Waals surface area (Å²) in [5, 5.41) is 3.25. The van der Waals surface area contributed by atoms with E-state index in [0.29, 0.717) is 11.8 Å². The Hall–Kier alpha value is -1.40. The normalized spacial score (nSPS) is 12.4. The molecule has 0 radical (unpaired) electrons. The van der Waals surface area contributed by atoms with Crippen molar-refractivity contribution < 1.29 is 0 Å². The first-order valence-electron chi connectivity index (χ1n) is 5.58. The number of nitrogens with zero attached hydrogens (tertiary/aromatic N) is 3. The molecular weight excluding hydrogens is 270 g/mol. The molecule has 0 aliphatic heterocycles. The Morgan fingerprint density at radius 3 is 2.72 bits per heavy atom. The number of hydrogen-bond donors (Lipinski definition) is 2. The summed E-state index contributed by atoms with van der Waals surface area (Å²) in [7, 11) is 0. The standard InChI is InChI=1S/C11H14ClN5S/c1-3-7(8-4-5-9(12)18-8)16-11-15-6(2)14-10(13)17-11/h4-5,7H,3H2,1-2H3,(H3,13,14,15,16,17). The first kappa shape index (κ1) is 13.0. The van der Waals surface area contributed by atoms with Crippen LogP contribution in [0, 0.1) is 6.92 Å². The van der Waals surface area contributed by atoms with E-state index in [9.17, 15) is 0 Å². The van der Waals surface area contributed by atoms with E-state index in [4.69, 9.17) is 17.3 Å². The summed E-state index contributed by atoms with van der Waals surface area (Å²) in [6.07, 6.45) is 0.904. The van der Waals surface area contributed by atoms with Crippen LogP contribution in [0.25, 0.3) is 0 Å². The molecule has 96 valence electrons. The second-order valence-electron chi connectivity index (χ2n) is 3.81. The summed E-state index contributed by atoms with van der Waals surface area (Å²) in [5.41, 5.74) is 5.60. The van der Waals surface area contributed by atoms with E-state index < -0.39 is 0 Å². The van der Waals surface area contributed by atoms with Crippen molar-refractivity contribution in [3.63, 3.8) is 0 Å². The molecule has 1 atom stereocenters. The van der Waals surface area contributed by atoms with Gasteiger partial charge in [0, 0.05) is 4.88 Å². The van der Waals surface area contributed by atoms with Crippen LogP contribution in [-0.4, -0.2) is 15.0 Å². The molecule has 0 bridgehead atoms. The Labute approximate surface area is 114 Å². The lowest BCUT2D eigenvalue weighted by atomic mass is 10.2. The zero-order chi connectivity index (χ0) is 13.1. The summed E-state index contributed by atoms with van der Waals surface area (Å²) in [6, 6.07) is 4.02. The number of thiophene rings is 1. The molecule has 5 nitrogen and oxygen atoms in total. The predicted molar refractivity (Wildman–Crippen MR) is 75.0 cm³/mol. The second-order valence-corrected chi connectivity index (χ2v) is 5.56. The summed E-state index contributed by atoms with van der Waals surface area (Å²) in [4.78, 5) is 13.4. The lowest BCUT2D eigenvalue weighted by Crippen LogP contribution is -2.13. The number of halogens is 1. The van der Waals surface area contributed by atoms with E-state index >= 15 is 0 Å². The number of anilines is 2. The van der Waals surface area contributed by atoms with Crippen molar-refractivity contribution in [1.82, 2.24) is 15.0 Å². The predicted octanol–water partition coefficient (Wildman–Crippen LogP) is 3.04. The highest BCUT2D eigenvalue weighted by Crippen LogP contribution is 2.30. The third-order valence-electron chi connectivity index (χ3n) is 2.41. The molecule has 2 heterocycles. The van der Waals surface area contributed by atoms with Crippen molar-refractivity contribution in [3.8, 4) is 0 Å². The molecule has 0 aromatic carbocycles. The van der Waals surface area contributed by atoms with E-state index in [-0.39, 0.29) is 12.0 Å². The Bertz CT molecular complexity index is 522. The molecule has 0 aliphatic rings. The highest BCUT2D eigenvalue weighted by atomic mass is 35.5. The van der Waals surface area contributed by atoms with Gasteiger partial charge in [0.25, 0.3) is 0 Å². The SMILES string of the molecule is CCC(Nc1nc(C)nc(N)n1)c1ccc(Cl)s1. The molecule has 2 rings (SSSR count). The maximum absolute atomic E-state index is 5.94. The minimum absolute atomic E-state index is 0.128. The number of aryl methyl sites for hydroxylation is 1. The van der Waals surface area contributed by atoms with Crippen LogP contribution in [0.5, 0.6) is 0 Å². The van der Waals surface area contributed by atoms with Crippen molar-refractivity contribution >= 4 is 34.8 Å². The molecule has 0 fully saturated rings. The van der Waals surface area contributed by atoms with Gasteiger partial charge >= 0.3 is 0 Å². The molecule has 2 aromatic rings. The topological polar surface area (TPSA) is 76.7 Å². The van der Waals surface area contributed by atoms with Gasteiger partial charge in [-0.05, 0) is 25.5 Å². The van der Waals surface area contributed by atoms with Crippen LogP contribution < -0.4 is 11.1 Å². The number of aromatic nitrogens is 3. The molecule has 0 amide bonds. The zero-order valence-electron chi connectivity index (χ0n) is 10.1. The molecule has 1 unspecified atom stereocenters. The third kappa shape index (κ3) is 3.08. The fraction of sp³-hybridized carbons (Fsp3) is 0.364. The van der Waals surface area contributed by atoms with Gasteiger partial charge < -0.3 is 11.1 Å². The maximum Gasteiger partial charge on any atom is 0.228 e. The largest absolute Gasteiger partial charge is 0.368 e. The van der Waals surface area contributed by atoms with Gasteiger partial charge in [0.1, 0.15) is 5.82 Å². The number of rotatable bonds is 4. The Morgan fingerprint density at radius 2 is 2.17 bits per heavy atom. The van der Waals surface area contributed by atoms with E-state index in [0.717, 1.165) is 15.6 Å². The van der Waals surface area contributed by atoms with Gasteiger partial charge in [0.15, 0.2) is 0 Å². The highest BCUT2D eigenvalue weighted by molar-refractivity contribution is 7.16. The van der Waals surface area contributed by atoms with Gasteiger partial charge in [-0.3, -0.25) is 0 Å². The first-order chi connectivity index (χ1) is 8.58. The van der Waals surface area contributed by atoms with Crippen LogP contribution in [0.2, 0.25) is 4.34 Å². The van der Waals surface area contributed by atoms with E-state index in [1.54, 1.807) is 18.3 Å². The van der Waals surface area contributed by atoms with E-state index in [1.165, 1.54) is 0 Å². The van der Waals surface area contributed by atoms with E-state index in [2.05, 4.69) is 27.2 Å². The average Bonchev–Trinajstić information content (AvgIpc) is 2.71. The second kappa shape index (κ2) is 5.49. The summed E-state index contributed by atoms with van der Waals surface area (Å²) >= 11 is 7.49. The zero-order valence-corrected chi connectivity index (χ0v) is 11.7. The number of nitrogen functional groups attached to an aromatic ring is 1. The lowest BCUT2D eigenvalue weighted by molar-refractivity contribution is 0.748. The monoisotopic (exact) mass is 283 g/mol.